The van der Waals surface area contributed by atoms with Crippen LogP contribution in [-0.2, 0) is 4.74 Å². The zero-order valence-corrected chi connectivity index (χ0v) is 10.8. The van der Waals surface area contributed by atoms with Gasteiger partial charge in [0.2, 0.25) is 0 Å². The largest absolute Gasteiger partial charge is 0.462 e. The quantitative estimate of drug-likeness (QED) is 0.798. The number of carbonyl (C=O) groups is 1. The van der Waals surface area contributed by atoms with Gasteiger partial charge < -0.3 is 10.5 Å². The number of hydrogen-bond acceptors (Lipinski definition) is 3. The summed E-state index contributed by atoms with van der Waals surface area (Å²) in [6, 6.07) is 7.38. The average Bonchev–Trinajstić information content (AvgIpc) is 2.28. The topological polar surface area (TPSA) is 52.3 Å². The Morgan fingerprint density at radius 3 is 2.35 bits per heavy atom. The summed E-state index contributed by atoms with van der Waals surface area (Å²) >= 11 is 0. The van der Waals surface area contributed by atoms with Gasteiger partial charge in [-0.25, -0.2) is 4.79 Å². The molecule has 1 atom stereocenters. The smallest absolute Gasteiger partial charge is 0.338 e. The molecular formula is C14H21NO2. The van der Waals surface area contributed by atoms with Crippen LogP contribution in [0.15, 0.2) is 24.3 Å². The first-order valence-electron chi connectivity index (χ1n) is 6.07. The Hall–Kier alpha value is -1.35. The zero-order chi connectivity index (χ0) is 12.8. The number of esters is 1. The van der Waals surface area contributed by atoms with E-state index in [1.807, 2.05) is 12.1 Å². The third-order valence-electron chi connectivity index (χ3n) is 2.58. The lowest BCUT2D eigenvalue weighted by Crippen LogP contribution is -2.13. The number of benzene rings is 1. The predicted octanol–water partition coefficient (Wildman–Crippen LogP) is 2.91. The van der Waals surface area contributed by atoms with Gasteiger partial charge in [0.05, 0.1) is 12.2 Å². The molecule has 0 saturated carbocycles. The summed E-state index contributed by atoms with van der Waals surface area (Å²) in [5, 5.41) is 0. The molecule has 17 heavy (non-hydrogen) atoms. The van der Waals surface area contributed by atoms with Gasteiger partial charge in [0.1, 0.15) is 0 Å². The third-order valence-corrected chi connectivity index (χ3v) is 2.58. The summed E-state index contributed by atoms with van der Waals surface area (Å²) in [6.07, 6.45) is 0.943. The van der Waals surface area contributed by atoms with E-state index >= 15 is 0 Å². The van der Waals surface area contributed by atoms with Crippen molar-refractivity contribution in [2.24, 2.45) is 11.7 Å². The van der Waals surface area contributed by atoms with Gasteiger partial charge in [-0.15, -0.1) is 0 Å². The molecule has 0 aliphatic carbocycles. The van der Waals surface area contributed by atoms with Crippen molar-refractivity contribution < 1.29 is 9.53 Å². The number of hydrogen-bond donors (Lipinski definition) is 1. The second kappa shape index (κ2) is 6.40. The van der Waals surface area contributed by atoms with E-state index in [1.54, 1.807) is 19.1 Å². The van der Waals surface area contributed by atoms with E-state index in [9.17, 15) is 4.79 Å². The first kappa shape index (κ1) is 13.7. The average molecular weight is 235 g/mol. The van der Waals surface area contributed by atoms with Gasteiger partial charge in [0.25, 0.3) is 0 Å². The van der Waals surface area contributed by atoms with Gasteiger partial charge in [-0.1, -0.05) is 26.0 Å². The SMILES string of the molecule is CCOC(=O)c1ccc([C@@H](N)CC(C)C)cc1. The molecule has 0 aromatic heterocycles. The van der Waals surface area contributed by atoms with Gasteiger partial charge >= 0.3 is 5.97 Å². The van der Waals surface area contributed by atoms with Gasteiger partial charge in [-0.2, -0.15) is 0 Å². The van der Waals surface area contributed by atoms with Gasteiger partial charge in [0, 0.05) is 6.04 Å². The highest BCUT2D eigenvalue weighted by Crippen LogP contribution is 2.19. The highest BCUT2D eigenvalue weighted by atomic mass is 16.5. The highest BCUT2D eigenvalue weighted by molar-refractivity contribution is 5.89. The maximum absolute atomic E-state index is 11.5. The van der Waals surface area contributed by atoms with Crippen LogP contribution in [0.25, 0.3) is 0 Å². The first-order chi connectivity index (χ1) is 8.04. The number of ether oxygens (including phenoxy) is 1. The molecule has 0 bridgehead atoms. The molecule has 0 spiro atoms. The van der Waals surface area contributed by atoms with Crippen LogP contribution in [0.3, 0.4) is 0 Å². The molecule has 0 aliphatic heterocycles. The Bertz CT molecular complexity index is 357. The van der Waals surface area contributed by atoms with Crippen molar-refractivity contribution in [1.29, 1.82) is 0 Å². The van der Waals surface area contributed by atoms with Crippen molar-refractivity contribution in [3.63, 3.8) is 0 Å². The Labute approximate surface area is 103 Å². The van der Waals surface area contributed by atoms with Crippen molar-refractivity contribution in [3.8, 4) is 0 Å². The molecule has 2 N–H and O–H groups in total. The van der Waals surface area contributed by atoms with Gasteiger partial charge in [0.15, 0.2) is 0 Å². The molecular weight excluding hydrogens is 214 g/mol. The minimum absolute atomic E-state index is 0.0336. The van der Waals surface area contributed by atoms with Crippen LogP contribution in [0.5, 0.6) is 0 Å². The normalized spacial score (nSPS) is 12.5. The monoisotopic (exact) mass is 235 g/mol. The van der Waals surface area contributed by atoms with Crippen molar-refractivity contribution >= 4 is 5.97 Å². The molecule has 1 aromatic rings. The first-order valence-corrected chi connectivity index (χ1v) is 6.07. The van der Waals surface area contributed by atoms with E-state index in [1.165, 1.54) is 0 Å². The van der Waals surface area contributed by atoms with Crippen molar-refractivity contribution in [3.05, 3.63) is 35.4 Å². The third kappa shape index (κ3) is 4.19. The van der Waals surface area contributed by atoms with Crippen molar-refractivity contribution in [1.82, 2.24) is 0 Å². The molecule has 0 aliphatic rings. The minimum atomic E-state index is -0.281. The summed E-state index contributed by atoms with van der Waals surface area (Å²) in [6.45, 7) is 6.48. The molecule has 1 rings (SSSR count). The number of rotatable bonds is 5. The second-order valence-corrected chi connectivity index (χ2v) is 4.58. The standard InChI is InChI=1S/C14H21NO2/c1-4-17-14(16)12-7-5-11(6-8-12)13(15)9-10(2)3/h5-8,10,13H,4,9,15H2,1-3H3/t13-/m0/s1. The Morgan fingerprint density at radius 2 is 1.88 bits per heavy atom. The lowest BCUT2D eigenvalue weighted by molar-refractivity contribution is 0.0526. The molecule has 3 heteroatoms. The summed E-state index contributed by atoms with van der Waals surface area (Å²) in [4.78, 5) is 11.5. The Morgan fingerprint density at radius 1 is 1.29 bits per heavy atom. The fraction of sp³-hybridized carbons (Fsp3) is 0.500. The molecule has 0 heterocycles. The second-order valence-electron chi connectivity index (χ2n) is 4.58. The minimum Gasteiger partial charge on any atom is -0.462 e. The fourth-order valence-corrected chi connectivity index (χ4v) is 1.72. The van der Waals surface area contributed by atoms with Crippen LogP contribution < -0.4 is 5.73 Å². The van der Waals surface area contributed by atoms with E-state index in [4.69, 9.17) is 10.5 Å². The van der Waals surface area contributed by atoms with Crippen LogP contribution in [0.4, 0.5) is 0 Å². The van der Waals surface area contributed by atoms with Crippen molar-refractivity contribution in [2.45, 2.75) is 33.2 Å². The lowest BCUT2D eigenvalue weighted by atomic mass is 9.97. The van der Waals surface area contributed by atoms with E-state index in [2.05, 4.69) is 13.8 Å². The molecule has 0 unspecified atom stereocenters. The number of carbonyl (C=O) groups excluding carboxylic acids is 1. The van der Waals surface area contributed by atoms with E-state index in [0.717, 1.165) is 12.0 Å². The van der Waals surface area contributed by atoms with Gasteiger partial charge in [-0.05, 0) is 37.0 Å². The molecule has 3 nitrogen and oxygen atoms in total. The summed E-state index contributed by atoms with van der Waals surface area (Å²) in [5.74, 6) is 0.284. The molecule has 0 amide bonds. The molecule has 0 fully saturated rings. The summed E-state index contributed by atoms with van der Waals surface area (Å²) in [5.41, 5.74) is 7.70. The summed E-state index contributed by atoms with van der Waals surface area (Å²) in [7, 11) is 0. The molecule has 0 radical (unpaired) electrons. The van der Waals surface area contributed by atoms with E-state index in [0.29, 0.717) is 18.1 Å². The van der Waals surface area contributed by atoms with Crippen molar-refractivity contribution in [2.75, 3.05) is 6.61 Å². The lowest BCUT2D eigenvalue weighted by Gasteiger charge is -2.14. The molecule has 94 valence electrons. The zero-order valence-electron chi connectivity index (χ0n) is 10.8. The number of nitrogens with two attached hydrogens (primary N) is 1. The van der Waals surface area contributed by atoms with Gasteiger partial charge in [-0.3, -0.25) is 0 Å². The van der Waals surface area contributed by atoms with Crippen LogP contribution in [0.1, 0.15) is 49.2 Å². The van der Waals surface area contributed by atoms with Crippen LogP contribution in [0, 0.1) is 5.92 Å². The maximum atomic E-state index is 11.5. The Kier molecular flexibility index (Phi) is 5.16. The highest BCUT2D eigenvalue weighted by Gasteiger charge is 2.10. The fourth-order valence-electron chi connectivity index (χ4n) is 1.72. The molecule has 1 aromatic carbocycles. The van der Waals surface area contributed by atoms with Crippen LogP contribution in [-0.4, -0.2) is 12.6 Å². The van der Waals surface area contributed by atoms with E-state index < -0.39 is 0 Å². The van der Waals surface area contributed by atoms with Crippen LogP contribution in [0.2, 0.25) is 0 Å². The predicted molar refractivity (Wildman–Crippen MR) is 68.8 cm³/mol. The van der Waals surface area contributed by atoms with Crippen LogP contribution >= 0.6 is 0 Å². The Balaban J connectivity index is 2.70. The molecule has 0 saturated heterocycles. The maximum Gasteiger partial charge on any atom is 0.338 e. The summed E-state index contributed by atoms with van der Waals surface area (Å²) < 4.78 is 4.92. The van der Waals surface area contributed by atoms with E-state index in [-0.39, 0.29) is 12.0 Å².